The second-order valence-corrected chi connectivity index (χ2v) is 5.50. The number of benzene rings is 2. The van der Waals surface area contributed by atoms with Crippen LogP contribution in [0.3, 0.4) is 0 Å². The fourth-order valence-corrected chi connectivity index (χ4v) is 2.28. The number of halogens is 3. The molecule has 1 amide bonds. The van der Waals surface area contributed by atoms with Crippen molar-refractivity contribution in [1.82, 2.24) is 4.98 Å². The minimum absolute atomic E-state index is 0.108. The predicted octanol–water partition coefficient (Wildman–Crippen LogP) is 4.42. The Morgan fingerprint density at radius 3 is 2.35 bits per heavy atom. The van der Waals surface area contributed by atoms with Gasteiger partial charge in [-0.1, -0.05) is 18.2 Å². The van der Waals surface area contributed by atoms with Crippen LogP contribution in [0.5, 0.6) is 0 Å². The number of hydrogen-bond donors (Lipinski definition) is 2. The van der Waals surface area contributed by atoms with Crippen molar-refractivity contribution < 1.29 is 18.0 Å². The van der Waals surface area contributed by atoms with E-state index in [1.807, 2.05) is 0 Å². The molecular weight excluding hydrogens is 343 g/mol. The van der Waals surface area contributed by atoms with Gasteiger partial charge in [0.05, 0.1) is 18.3 Å². The summed E-state index contributed by atoms with van der Waals surface area (Å²) in [4.78, 5) is 16.0. The standard InChI is InChI=1S/C19H14F3N3O/c20-15-4-2-1-3-12(15)9-19(26)25-18-8-6-14(11-23-18)24-13-5-7-16(21)17(22)10-13/h1-8,10-11,24H,9H2,(H,23,25,26). The first kappa shape index (κ1) is 17.5. The number of carbonyl (C=O) groups excluding carboxylic acids is 1. The summed E-state index contributed by atoms with van der Waals surface area (Å²) in [6.45, 7) is 0. The second kappa shape index (κ2) is 7.69. The average Bonchev–Trinajstić information content (AvgIpc) is 2.62. The Labute approximate surface area is 147 Å². The maximum absolute atomic E-state index is 13.5. The number of pyridine rings is 1. The van der Waals surface area contributed by atoms with Crippen LogP contribution in [0.15, 0.2) is 60.8 Å². The smallest absolute Gasteiger partial charge is 0.230 e. The molecule has 0 radical (unpaired) electrons. The maximum atomic E-state index is 13.5. The zero-order chi connectivity index (χ0) is 18.5. The van der Waals surface area contributed by atoms with Crippen LogP contribution in [0.25, 0.3) is 0 Å². The number of nitrogens with zero attached hydrogens (tertiary/aromatic N) is 1. The Morgan fingerprint density at radius 1 is 0.885 bits per heavy atom. The summed E-state index contributed by atoms with van der Waals surface area (Å²) < 4.78 is 39.7. The van der Waals surface area contributed by atoms with Gasteiger partial charge in [-0.2, -0.15) is 0 Å². The fourth-order valence-electron chi connectivity index (χ4n) is 2.28. The van der Waals surface area contributed by atoms with E-state index >= 15 is 0 Å². The molecule has 1 aromatic heterocycles. The van der Waals surface area contributed by atoms with E-state index in [0.29, 0.717) is 22.8 Å². The first-order valence-corrected chi connectivity index (χ1v) is 7.72. The lowest BCUT2D eigenvalue weighted by Crippen LogP contribution is -2.16. The molecule has 3 rings (SSSR count). The van der Waals surface area contributed by atoms with Crippen LogP contribution in [-0.2, 0) is 11.2 Å². The summed E-state index contributed by atoms with van der Waals surface area (Å²) in [6.07, 6.45) is 1.32. The van der Waals surface area contributed by atoms with Crippen molar-refractivity contribution in [2.24, 2.45) is 0 Å². The Bertz CT molecular complexity index is 930. The van der Waals surface area contributed by atoms with Gasteiger partial charge in [0.25, 0.3) is 0 Å². The third-order valence-electron chi connectivity index (χ3n) is 3.55. The van der Waals surface area contributed by atoms with Crippen molar-refractivity contribution in [3.05, 3.63) is 83.8 Å². The molecule has 0 atom stereocenters. The van der Waals surface area contributed by atoms with Crippen LogP contribution >= 0.6 is 0 Å². The van der Waals surface area contributed by atoms with Crippen molar-refractivity contribution in [2.45, 2.75) is 6.42 Å². The molecule has 0 unspecified atom stereocenters. The third-order valence-corrected chi connectivity index (χ3v) is 3.55. The van der Waals surface area contributed by atoms with Gasteiger partial charge in [-0.05, 0) is 35.9 Å². The molecule has 26 heavy (non-hydrogen) atoms. The van der Waals surface area contributed by atoms with Gasteiger partial charge in [-0.3, -0.25) is 4.79 Å². The molecule has 3 aromatic rings. The summed E-state index contributed by atoms with van der Waals surface area (Å²) in [5.41, 5.74) is 1.19. The molecule has 0 saturated carbocycles. The Morgan fingerprint density at radius 2 is 1.65 bits per heavy atom. The lowest BCUT2D eigenvalue weighted by atomic mass is 10.1. The molecule has 132 valence electrons. The van der Waals surface area contributed by atoms with E-state index in [-0.39, 0.29) is 6.42 Å². The summed E-state index contributed by atoms with van der Waals surface area (Å²) >= 11 is 0. The molecule has 0 fully saturated rings. The zero-order valence-corrected chi connectivity index (χ0v) is 13.5. The largest absolute Gasteiger partial charge is 0.354 e. The van der Waals surface area contributed by atoms with Gasteiger partial charge in [0.1, 0.15) is 11.6 Å². The van der Waals surface area contributed by atoms with E-state index in [1.165, 1.54) is 24.4 Å². The number of hydrogen-bond acceptors (Lipinski definition) is 3. The third kappa shape index (κ3) is 4.38. The molecule has 0 spiro atoms. The molecule has 1 heterocycles. The molecule has 0 aliphatic carbocycles. The van der Waals surface area contributed by atoms with Gasteiger partial charge >= 0.3 is 0 Å². The lowest BCUT2D eigenvalue weighted by molar-refractivity contribution is -0.115. The second-order valence-electron chi connectivity index (χ2n) is 5.50. The number of amides is 1. The number of rotatable bonds is 5. The van der Waals surface area contributed by atoms with Crippen molar-refractivity contribution in [3.8, 4) is 0 Å². The van der Waals surface area contributed by atoms with Crippen LogP contribution in [0.1, 0.15) is 5.56 Å². The molecule has 0 saturated heterocycles. The average molecular weight is 357 g/mol. The number of aromatic nitrogens is 1. The Hall–Kier alpha value is -3.35. The Kier molecular flexibility index (Phi) is 5.17. The first-order chi connectivity index (χ1) is 12.5. The predicted molar refractivity (Wildman–Crippen MR) is 92.6 cm³/mol. The van der Waals surface area contributed by atoms with Crippen LogP contribution in [-0.4, -0.2) is 10.9 Å². The quantitative estimate of drug-likeness (QED) is 0.711. The summed E-state index contributed by atoms with van der Waals surface area (Å²) in [5.74, 6) is -2.44. The van der Waals surface area contributed by atoms with E-state index in [1.54, 1.807) is 24.3 Å². The summed E-state index contributed by atoms with van der Waals surface area (Å²) in [5, 5.41) is 5.44. The topological polar surface area (TPSA) is 54.0 Å². The molecule has 2 N–H and O–H groups in total. The first-order valence-electron chi connectivity index (χ1n) is 7.72. The van der Waals surface area contributed by atoms with Gasteiger partial charge in [0, 0.05) is 11.8 Å². The molecular formula is C19H14F3N3O. The molecule has 0 aliphatic heterocycles. The van der Waals surface area contributed by atoms with Crippen molar-refractivity contribution in [2.75, 3.05) is 10.6 Å². The van der Waals surface area contributed by atoms with Gasteiger partial charge < -0.3 is 10.6 Å². The van der Waals surface area contributed by atoms with Gasteiger partial charge in [0.2, 0.25) is 5.91 Å². The highest BCUT2D eigenvalue weighted by atomic mass is 19.2. The maximum Gasteiger partial charge on any atom is 0.230 e. The molecule has 0 aliphatic rings. The van der Waals surface area contributed by atoms with E-state index in [0.717, 1.165) is 12.1 Å². The Balaban J connectivity index is 1.61. The minimum atomic E-state index is -0.958. The number of nitrogens with one attached hydrogen (secondary N) is 2. The molecule has 0 bridgehead atoms. The summed E-state index contributed by atoms with van der Waals surface area (Å²) in [7, 11) is 0. The van der Waals surface area contributed by atoms with Crippen molar-refractivity contribution >= 4 is 23.1 Å². The SMILES string of the molecule is O=C(Cc1ccccc1F)Nc1ccc(Nc2ccc(F)c(F)c2)cn1. The van der Waals surface area contributed by atoms with Crippen molar-refractivity contribution in [3.63, 3.8) is 0 Å². The van der Waals surface area contributed by atoms with Crippen molar-refractivity contribution in [1.29, 1.82) is 0 Å². The zero-order valence-electron chi connectivity index (χ0n) is 13.5. The number of carbonyl (C=O) groups is 1. The van der Waals surface area contributed by atoms with E-state index in [4.69, 9.17) is 0 Å². The lowest BCUT2D eigenvalue weighted by Gasteiger charge is -2.08. The monoisotopic (exact) mass is 357 g/mol. The normalized spacial score (nSPS) is 10.4. The molecule has 7 heteroatoms. The molecule has 2 aromatic carbocycles. The van der Waals surface area contributed by atoms with Crippen LogP contribution < -0.4 is 10.6 Å². The van der Waals surface area contributed by atoms with Crippen LogP contribution in [0.4, 0.5) is 30.4 Å². The molecule has 4 nitrogen and oxygen atoms in total. The van der Waals surface area contributed by atoms with E-state index in [9.17, 15) is 18.0 Å². The highest BCUT2D eigenvalue weighted by molar-refractivity contribution is 5.91. The number of anilines is 3. The summed E-state index contributed by atoms with van der Waals surface area (Å²) in [6, 6.07) is 12.6. The van der Waals surface area contributed by atoms with E-state index < -0.39 is 23.4 Å². The van der Waals surface area contributed by atoms with Crippen LogP contribution in [0, 0.1) is 17.5 Å². The van der Waals surface area contributed by atoms with Gasteiger partial charge in [0.15, 0.2) is 11.6 Å². The van der Waals surface area contributed by atoms with Gasteiger partial charge in [-0.15, -0.1) is 0 Å². The fraction of sp³-hybridized carbons (Fsp3) is 0.0526. The highest BCUT2D eigenvalue weighted by Crippen LogP contribution is 2.19. The van der Waals surface area contributed by atoms with Gasteiger partial charge in [-0.25, -0.2) is 18.2 Å². The van der Waals surface area contributed by atoms with Crippen LogP contribution in [0.2, 0.25) is 0 Å². The highest BCUT2D eigenvalue weighted by Gasteiger charge is 2.09. The van der Waals surface area contributed by atoms with E-state index in [2.05, 4.69) is 15.6 Å². The minimum Gasteiger partial charge on any atom is -0.354 e.